The van der Waals surface area contributed by atoms with E-state index in [1.54, 1.807) is 0 Å². The predicted octanol–water partition coefficient (Wildman–Crippen LogP) is 3.14. The summed E-state index contributed by atoms with van der Waals surface area (Å²) < 4.78 is 0. The lowest BCUT2D eigenvalue weighted by atomic mass is 9.76. The summed E-state index contributed by atoms with van der Waals surface area (Å²) in [5.74, 6) is 0.0416. The van der Waals surface area contributed by atoms with Crippen LogP contribution in [0.2, 0.25) is 0 Å². The van der Waals surface area contributed by atoms with Crippen molar-refractivity contribution in [1.29, 1.82) is 0 Å². The van der Waals surface area contributed by atoms with Gasteiger partial charge in [0.05, 0.1) is 5.92 Å². The van der Waals surface area contributed by atoms with Crippen molar-refractivity contribution in [2.75, 3.05) is 6.54 Å². The monoisotopic (exact) mass is 253 g/mol. The Morgan fingerprint density at radius 2 is 2.00 bits per heavy atom. The summed E-state index contributed by atoms with van der Waals surface area (Å²) in [5.41, 5.74) is 0. The third-order valence-electron chi connectivity index (χ3n) is 5.14. The second-order valence-corrected chi connectivity index (χ2v) is 6.04. The summed E-state index contributed by atoms with van der Waals surface area (Å²) in [6.45, 7) is 5.59. The minimum Gasteiger partial charge on any atom is -0.481 e. The highest BCUT2D eigenvalue weighted by molar-refractivity contribution is 5.71. The molecule has 0 aromatic rings. The van der Waals surface area contributed by atoms with Gasteiger partial charge >= 0.3 is 5.97 Å². The molecule has 0 radical (unpaired) electrons. The normalized spacial score (nSPS) is 37.9. The Morgan fingerprint density at radius 3 is 2.61 bits per heavy atom. The minimum atomic E-state index is -0.573. The largest absolute Gasteiger partial charge is 0.481 e. The molecule has 0 aromatic carbocycles. The zero-order valence-corrected chi connectivity index (χ0v) is 11.8. The molecule has 0 spiro atoms. The number of hydrogen-bond donors (Lipinski definition) is 1. The molecule has 104 valence electrons. The lowest BCUT2D eigenvalue weighted by Gasteiger charge is -2.41. The molecule has 3 heteroatoms. The van der Waals surface area contributed by atoms with E-state index in [-0.39, 0.29) is 5.92 Å². The zero-order chi connectivity index (χ0) is 13.1. The summed E-state index contributed by atoms with van der Waals surface area (Å²) >= 11 is 0. The maximum absolute atomic E-state index is 11.5. The molecule has 0 bridgehead atoms. The van der Waals surface area contributed by atoms with Gasteiger partial charge in [0, 0.05) is 12.1 Å². The molecule has 2 fully saturated rings. The van der Waals surface area contributed by atoms with Crippen LogP contribution in [0.15, 0.2) is 0 Å². The first-order valence-corrected chi connectivity index (χ1v) is 7.65. The highest BCUT2D eigenvalue weighted by Gasteiger charge is 2.41. The molecular formula is C15H27NO2. The van der Waals surface area contributed by atoms with Gasteiger partial charge in [-0.05, 0) is 51.0 Å². The quantitative estimate of drug-likeness (QED) is 0.836. The second kappa shape index (κ2) is 6.05. The Bertz CT molecular complexity index is 292. The summed E-state index contributed by atoms with van der Waals surface area (Å²) in [6.07, 6.45) is 7.96. The summed E-state index contributed by atoms with van der Waals surface area (Å²) in [6, 6.07) is 0.932. The number of aliphatic carboxylic acids is 1. The third kappa shape index (κ3) is 2.71. The number of rotatable bonds is 4. The van der Waals surface area contributed by atoms with Gasteiger partial charge in [-0.3, -0.25) is 9.69 Å². The number of nitrogens with zero attached hydrogens (tertiary/aromatic N) is 1. The maximum Gasteiger partial charge on any atom is 0.308 e. The molecule has 1 N–H and O–H groups in total. The van der Waals surface area contributed by atoms with E-state index in [1.807, 2.05) is 0 Å². The highest BCUT2D eigenvalue weighted by Crippen LogP contribution is 2.37. The Balaban J connectivity index is 2.11. The van der Waals surface area contributed by atoms with Crippen LogP contribution in [0, 0.1) is 11.8 Å². The van der Waals surface area contributed by atoms with Gasteiger partial charge in [0.2, 0.25) is 0 Å². The molecule has 1 saturated carbocycles. The van der Waals surface area contributed by atoms with Crippen molar-refractivity contribution in [3.63, 3.8) is 0 Å². The standard InChI is InChI=1S/C15H27NO2/c1-3-11-7-8-13(15(17)18)14(10-11)16-9-5-6-12(16)4-2/h11-14H,3-10H2,1-2H3,(H,17,18). The first-order valence-electron chi connectivity index (χ1n) is 7.65. The van der Waals surface area contributed by atoms with E-state index in [1.165, 1.54) is 25.7 Å². The molecule has 18 heavy (non-hydrogen) atoms. The van der Waals surface area contributed by atoms with E-state index < -0.39 is 5.97 Å². The SMILES string of the molecule is CCC1CCC(C(=O)O)C(N2CCCC2CC)C1. The fraction of sp³-hybridized carbons (Fsp3) is 0.933. The first-order chi connectivity index (χ1) is 8.67. The molecule has 3 nitrogen and oxygen atoms in total. The van der Waals surface area contributed by atoms with Crippen LogP contribution in [-0.4, -0.2) is 34.6 Å². The third-order valence-corrected chi connectivity index (χ3v) is 5.14. The Kier molecular flexibility index (Phi) is 4.66. The predicted molar refractivity (Wildman–Crippen MR) is 72.6 cm³/mol. The van der Waals surface area contributed by atoms with Crippen molar-refractivity contribution < 1.29 is 9.90 Å². The van der Waals surface area contributed by atoms with Crippen molar-refractivity contribution in [3.8, 4) is 0 Å². The summed E-state index contributed by atoms with van der Waals surface area (Å²) in [4.78, 5) is 14.0. The van der Waals surface area contributed by atoms with Gasteiger partial charge in [0.25, 0.3) is 0 Å². The van der Waals surface area contributed by atoms with Crippen LogP contribution >= 0.6 is 0 Å². The number of likely N-dealkylation sites (tertiary alicyclic amines) is 1. The van der Waals surface area contributed by atoms with Gasteiger partial charge in [0.1, 0.15) is 0 Å². The van der Waals surface area contributed by atoms with Crippen molar-refractivity contribution in [1.82, 2.24) is 4.90 Å². The minimum absolute atomic E-state index is 0.125. The van der Waals surface area contributed by atoms with Gasteiger partial charge in [-0.25, -0.2) is 0 Å². The molecule has 4 unspecified atom stereocenters. The molecule has 0 amide bonds. The van der Waals surface area contributed by atoms with Crippen LogP contribution in [-0.2, 0) is 4.79 Å². The van der Waals surface area contributed by atoms with Crippen molar-refractivity contribution in [3.05, 3.63) is 0 Å². The lowest BCUT2D eigenvalue weighted by molar-refractivity contribution is -0.146. The highest BCUT2D eigenvalue weighted by atomic mass is 16.4. The molecular weight excluding hydrogens is 226 g/mol. The summed E-state index contributed by atoms with van der Waals surface area (Å²) in [5, 5.41) is 9.46. The fourth-order valence-electron chi connectivity index (χ4n) is 3.99. The molecule has 1 aliphatic carbocycles. The molecule has 1 saturated heterocycles. The molecule has 4 atom stereocenters. The van der Waals surface area contributed by atoms with E-state index in [0.717, 1.165) is 31.7 Å². The Hall–Kier alpha value is -0.570. The van der Waals surface area contributed by atoms with Gasteiger partial charge in [-0.15, -0.1) is 0 Å². The van der Waals surface area contributed by atoms with Crippen LogP contribution in [0.5, 0.6) is 0 Å². The maximum atomic E-state index is 11.5. The topological polar surface area (TPSA) is 40.5 Å². The molecule has 2 rings (SSSR count). The molecule has 0 aromatic heterocycles. The second-order valence-electron chi connectivity index (χ2n) is 6.04. The van der Waals surface area contributed by atoms with E-state index in [9.17, 15) is 9.90 Å². The van der Waals surface area contributed by atoms with E-state index in [2.05, 4.69) is 18.7 Å². The van der Waals surface area contributed by atoms with Crippen LogP contribution in [0.25, 0.3) is 0 Å². The van der Waals surface area contributed by atoms with Gasteiger partial charge in [0.15, 0.2) is 0 Å². The Morgan fingerprint density at radius 1 is 1.22 bits per heavy atom. The molecule has 1 heterocycles. The van der Waals surface area contributed by atoms with Crippen molar-refractivity contribution in [2.24, 2.45) is 11.8 Å². The molecule has 1 aliphatic heterocycles. The van der Waals surface area contributed by atoms with Crippen LogP contribution in [0.1, 0.15) is 58.8 Å². The molecule has 2 aliphatic rings. The van der Waals surface area contributed by atoms with Gasteiger partial charge in [-0.2, -0.15) is 0 Å². The first kappa shape index (κ1) is 13.9. The number of hydrogen-bond acceptors (Lipinski definition) is 2. The zero-order valence-electron chi connectivity index (χ0n) is 11.8. The summed E-state index contributed by atoms with van der Waals surface area (Å²) in [7, 11) is 0. The average Bonchev–Trinajstić information content (AvgIpc) is 2.85. The van der Waals surface area contributed by atoms with E-state index in [4.69, 9.17) is 0 Å². The number of carbonyl (C=O) groups is 1. The fourth-order valence-corrected chi connectivity index (χ4v) is 3.99. The van der Waals surface area contributed by atoms with Gasteiger partial charge < -0.3 is 5.11 Å². The van der Waals surface area contributed by atoms with E-state index >= 15 is 0 Å². The van der Waals surface area contributed by atoms with E-state index in [0.29, 0.717) is 12.1 Å². The Labute approximate surface area is 111 Å². The van der Waals surface area contributed by atoms with Crippen LogP contribution < -0.4 is 0 Å². The van der Waals surface area contributed by atoms with Crippen LogP contribution in [0.4, 0.5) is 0 Å². The smallest absolute Gasteiger partial charge is 0.308 e. The lowest BCUT2D eigenvalue weighted by Crippen LogP contribution is -2.49. The number of carboxylic acids is 1. The average molecular weight is 253 g/mol. The van der Waals surface area contributed by atoms with Crippen molar-refractivity contribution in [2.45, 2.75) is 70.9 Å². The number of carboxylic acid groups (broad SMARTS) is 1. The van der Waals surface area contributed by atoms with Gasteiger partial charge in [-0.1, -0.05) is 20.3 Å². The van der Waals surface area contributed by atoms with Crippen molar-refractivity contribution >= 4 is 5.97 Å². The van der Waals surface area contributed by atoms with Crippen LogP contribution in [0.3, 0.4) is 0 Å².